The van der Waals surface area contributed by atoms with Crippen molar-refractivity contribution >= 4 is 11.7 Å². The van der Waals surface area contributed by atoms with Gasteiger partial charge in [-0.2, -0.15) is 10.2 Å². The van der Waals surface area contributed by atoms with Crippen molar-refractivity contribution in [2.24, 2.45) is 10.2 Å². The molecule has 0 radical (unpaired) electrons. The fourth-order valence-electron chi connectivity index (χ4n) is 1.20. The van der Waals surface area contributed by atoms with Gasteiger partial charge in [0.25, 0.3) is 0 Å². The molecule has 2 rings (SSSR count). The third-order valence-corrected chi connectivity index (χ3v) is 1.85. The number of fused-ring (bicyclic) bond motifs is 1. The van der Waals surface area contributed by atoms with Crippen LogP contribution in [0, 0.1) is 0 Å². The molecule has 0 amide bonds. The van der Waals surface area contributed by atoms with Crippen LogP contribution in [0.5, 0.6) is 0 Å². The first-order chi connectivity index (χ1) is 6.33. The summed E-state index contributed by atoms with van der Waals surface area (Å²) in [4.78, 5) is 15.1. The lowest BCUT2D eigenvalue weighted by Crippen LogP contribution is -2.05. The molecule has 1 aliphatic rings. The molecule has 0 aromatic carbocycles. The van der Waals surface area contributed by atoms with Gasteiger partial charge in [0.15, 0.2) is 0 Å². The first-order valence-corrected chi connectivity index (χ1v) is 3.75. The largest absolute Gasteiger partial charge is 0.465 e. The summed E-state index contributed by atoms with van der Waals surface area (Å²) in [5.41, 5.74) is 1.90. The number of rotatable bonds is 1. The van der Waals surface area contributed by atoms with Crippen LogP contribution in [0.1, 0.15) is 15.9 Å². The molecule has 0 bridgehead atoms. The Balaban J connectivity index is 2.50. The van der Waals surface area contributed by atoms with E-state index >= 15 is 0 Å². The summed E-state index contributed by atoms with van der Waals surface area (Å²) in [6.07, 6.45) is 3.05. The van der Waals surface area contributed by atoms with E-state index in [1.807, 2.05) is 0 Å². The summed E-state index contributed by atoms with van der Waals surface area (Å²) in [6, 6.07) is 0. The highest BCUT2D eigenvalue weighted by atomic mass is 16.5. The molecule has 1 aromatic heterocycles. The van der Waals surface area contributed by atoms with E-state index in [1.54, 1.807) is 6.20 Å². The van der Waals surface area contributed by atoms with E-state index < -0.39 is 5.97 Å². The van der Waals surface area contributed by atoms with E-state index in [0.29, 0.717) is 17.8 Å². The minimum Gasteiger partial charge on any atom is -0.465 e. The van der Waals surface area contributed by atoms with E-state index in [-0.39, 0.29) is 0 Å². The van der Waals surface area contributed by atoms with Crippen LogP contribution in [0.2, 0.25) is 0 Å². The molecule has 1 aromatic rings. The first kappa shape index (κ1) is 7.85. The Morgan fingerprint density at radius 1 is 1.54 bits per heavy atom. The number of azo groups is 1. The van der Waals surface area contributed by atoms with Crippen LogP contribution in [0.4, 0.5) is 5.69 Å². The Bertz CT molecular complexity index is 387. The molecule has 66 valence electrons. The van der Waals surface area contributed by atoms with Gasteiger partial charge in [-0.1, -0.05) is 0 Å². The molecule has 0 atom stereocenters. The van der Waals surface area contributed by atoms with Crippen molar-refractivity contribution in [2.45, 2.75) is 6.54 Å². The summed E-state index contributed by atoms with van der Waals surface area (Å²) in [7, 11) is 1.34. The summed E-state index contributed by atoms with van der Waals surface area (Å²) in [5.74, 6) is -0.392. The molecule has 13 heavy (non-hydrogen) atoms. The number of carbonyl (C=O) groups is 1. The molecule has 0 fully saturated rings. The average Bonchev–Trinajstić information content (AvgIpc) is 2.63. The second-order valence-corrected chi connectivity index (χ2v) is 2.58. The average molecular weight is 177 g/mol. The summed E-state index contributed by atoms with van der Waals surface area (Å²) in [6.45, 7) is 0.433. The molecule has 0 saturated carbocycles. The van der Waals surface area contributed by atoms with Gasteiger partial charge >= 0.3 is 5.97 Å². The van der Waals surface area contributed by atoms with E-state index in [2.05, 4.69) is 19.9 Å². The van der Waals surface area contributed by atoms with Crippen molar-refractivity contribution < 1.29 is 9.53 Å². The number of ether oxygens (including phenoxy) is 1. The lowest BCUT2D eigenvalue weighted by Gasteiger charge is -2.02. The molecule has 0 spiro atoms. The van der Waals surface area contributed by atoms with Crippen LogP contribution in [-0.4, -0.2) is 18.1 Å². The van der Waals surface area contributed by atoms with Gasteiger partial charge in [-0.15, -0.1) is 0 Å². The zero-order valence-corrected chi connectivity index (χ0v) is 7.02. The van der Waals surface area contributed by atoms with Crippen LogP contribution in [0.25, 0.3) is 0 Å². The van der Waals surface area contributed by atoms with Crippen molar-refractivity contribution in [3.05, 3.63) is 23.5 Å². The maximum Gasteiger partial charge on any atom is 0.339 e. The fourth-order valence-corrected chi connectivity index (χ4v) is 1.20. The number of esters is 1. The lowest BCUT2D eigenvalue weighted by molar-refractivity contribution is 0.0599. The number of methoxy groups -OCH3 is 1. The number of hydrogen-bond acceptors (Lipinski definition) is 5. The van der Waals surface area contributed by atoms with Gasteiger partial charge in [-0.3, -0.25) is 4.98 Å². The second kappa shape index (κ2) is 2.93. The van der Waals surface area contributed by atoms with E-state index in [0.717, 1.165) is 5.56 Å². The number of pyridine rings is 1. The third-order valence-electron chi connectivity index (χ3n) is 1.85. The minimum absolute atomic E-state index is 0.392. The minimum atomic E-state index is -0.392. The molecule has 0 N–H and O–H groups in total. The van der Waals surface area contributed by atoms with Gasteiger partial charge in [0.1, 0.15) is 5.69 Å². The first-order valence-electron chi connectivity index (χ1n) is 3.75. The highest BCUT2D eigenvalue weighted by Gasteiger charge is 2.18. The fraction of sp³-hybridized carbons (Fsp3) is 0.250. The van der Waals surface area contributed by atoms with E-state index in [9.17, 15) is 4.79 Å². The van der Waals surface area contributed by atoms with Crippen LogP contribution in [0.15, 0.2) is 22.6 Å². The lowest BCUT2D eigenvalue weighted by atomic mass is 10.1. The molecule has 5 heteroatoms. The molecule has 1 aliphatic heterocycles. The van der Waals surface area contributed by atoms with Crippen LogP contribution < -0.4 is 0 Å². The van der Waals surface area contributed by atoms with Gasteiger partial charge in [-0.25, -0.2) is 4.79 Å². The maximum atomic E-state index is 11.2. The second-order valence-electron chi connectivity index (χ2n) is 2.58. The zero-order chi connectivity index (χ0) is 9.26. The molecule has 5 nitrogen and oxygen atoms in total. The van der Waals surface area contributed by atoms with E-state index in [1.165, 1.54) is 13.3 Å². The van der Waals surface area contributed by atoms with Crippen molar-refractivity contribution in [3.63, 3.8) is 0 Å². The normalized spacial score (nSPS) is 12.7. The van der Waals surface area contributed by atoms with Gasteiger partial charge in [0.2, 0.25) is 0 Å². The molecular weight excluding hydrogens is 170 g/mol. The van der Waals surface area contributed by atoms with Gasteiger partial charge in [0.05, 0.1) is 25.4 Å². The molecule has 0 aliphatic carbocycles. The quantitative estimate of drug-likeness (QED) is 0.610. The smallest absolute Gasteiger partial charge is 0.339 e. The van der Waals surface area contributed by atoms with Crippen molar-refractivity contribution in [1.82, 2.24) is 4.98 Å². The topological polar surface area (TPSA) is 63.9 Å². The molecule has 0 saturated heterocycles. The molecular formula is C8H7N3O2. The van der Waals surface area contributed by atoms with Gasteiger partial charge < -0.3 is 4.74 Å². The number of aromatic nitrogens is 1. The predicted octanol–water partition coefficient (Wildman–Crippen LogP) is 1.47. The van der Waals surface area contributed by atoms with Crippen LogP contribution in [-0.2, 0) is 11.3 Å². The Labute approximate surface area is 74.5 Å². The molecule has 2 heterocycles. The summed E-state index contributed by atoms with van der Waals surface area (Å²) < 4.78 is 4.60. The highest BCUT2D eigenvalue weighted by molar-refractivity contribution is 5.92. The Hall–Kier alpha value is -1.78. The predicted molar refractivity (Wildman–Crippen MR) is 43.8 cm³/mol. The number of hydrogen-bond donors (Lipinski definition) is 0. The number of carbonyl (C=O) groups excluding carboxylic acids is 1. The van der Waals surface area contributed by atoms with Gasteiger partial charge in [0, 0.05) is 11.8 Å². The van der Waals surface area contributed by atoms with Crippen LogP contribution in [0.3, 0.4) is 0 Å². The standard InChI is InChI=1S/C8H7N3O2/c1-13-8(12)6-2-9-4-7-5(6)3-10-11-7/h2,4H,3H2,1H3. The number of nitrogens with zero attached hydrogens (tertiary/aromatic N) is 3. The summed E-state index contributed by atoms with van der Waals surface area (Å²) in [5, 5.41) is 7.64. The van der Waals surface area contributed by atoms with E-state index in [4.69, 9.17) is 0 Å². The Morgan fingerprint density at radius 3 is 3.15 bits per heavy atom. The Kier molecular flexibility index (Phi) is 1.77. The zero-order valence-electron chi connectivity index (χ0n) is 7.02. The third kappa shape index (κ3) is 1.18. The van der Waals surface area contributed by atoms with Crippen molar-refractivity contribution in [2.75, 3.05) is 7.11 Å². The SMILES string of the molecule is COC(=O)c1cncc2c1CN=N2. The Morgan fingerprint density at radius 2 is 2.38 bits per heavy atom. The monoisotopic (exact) mass is 177 g/mol. The maximum absolute atomic E-state index is 11.2. The van der Waals surface area contributed by atoms with Crippen molar-refractivity contribution in [3.8, 4) is 0 Å². The molecule has 0 unspecified atom stereocenters. The summed E-state index contributed by atoms with van der Waals surface area (Å²) >= 11 is 0. The highest BCUT2D eigenvalue weighted by Crippen LogP contribution is 2.28. The van der Waals surface area contributed by atoms with Crippen molar-refractivity contribution in [1.29, 1.82) is 0 Å². The van der Waals surface area contributed by atoms with Gasteiger partial charge in [-0.05, 0) is 0 Å². The van der Waals surface area contributed by atoms with Crippen LogP contribution >= 0.6 is 0 Å².